The van der Waals surface area contributed by atoms with Gasteiger partial charge in [-0.05, 0) is 42.8 Å². The Bertz CT molecular complexity index is 743. The molecular formula is C19H21ClN2O3. The number of phenols is 1. The molecule has 1 aliphatic heterocycles. The number of nitrogens with zero attached hydrogens (tertiary/aromatic N) is 1. The van der Waals surface area contributed by atoms with Crippen molar-refractivity contribution in [3.63, 3.8) is 0 Å². The minimum Gasteiger partial charge on any atom is -0.506 e. The van der Waals surface area contributed by atoms with Crippen molar-refractivity contribution in [2.24, 2.45) is 0 Å². The summed E-state index contributed by atoms with van der Waals surface area (Å²) in [6, 6.07) is 12.5. The molecule has 1 aliphatic rings. The summed E-state index contributed by atoms with van der Waals surface area (Å²) in [6.07, 6.45) is 0. The van der Waals surface area contributed by atoms with Crippen LogP contribution in [0, 0.1) is 0 Å². The molecule has 1 unspecified atom stereocenters. The number of phenolic OH excluding ortho intramolecular Hbond substituents is 1. The lowest BCUT2D eigenvalue weighted by Gasteiger charge is -2.29. The van der Waals surface area contributed by atoms with Gasteiger partial charge < -0.3 is 20.1 Å². The monoisotopic (exact) mass is 360 g/mol. The number of halogens is 1. The van der Waals surface area contributed by atoms with Crippen LogP contribution < -0.4 is 10.2 Å². The highest BCUT2D eigenvalue weighted by molar-refractivity contribution is 6.32. The number of amides is 1. The number of morpholine rings is 1. The number of carbonyl (C=O) groups is 1. The molecule has 1 fully saturated rings. The predicted molar refractivity (Wildman–Crippen MR) is 98.5 cm³/mol. The van der Waals surface area contributed by atoms with E-state index in [-0.39, 0.29) is 22.7 Å². The average Bonchev–Trinajstić information content (AvgIpc) is 2.64. The molecule has 1 amide bonds. The molecule has 0 spiro atoms. The van der Waals surface area contributed by atoms with Crippen LogP contribution >= 0.6 is 11.6 Å². The number of aromatic hydroxyl groups is 1. The van der Waals surface area contributed by atoms with E-state index < -0.39 is 0 Å². The average molecular weight is 361 g/mol. The second kappa shape index (κ2) is 7.76. The van der Waals surface area contributed by atoms with Crippen molar-refractivity contribution in [3.8, 4) is 5.75 Å². The molecule has 2 aromatic carbocycles. The summed E-state index contributed by atoms with van der Waals surface area (Å²) in [7, 11) is 0. The standard InChI is InChI=1S/C19H21ClN2O3/c1-13(21-19(24)15-4-7-18(23)17(20)12-15)14-2-5-16(6-3-14)22-8-10-25-11-9-22/h2-7,12-13,23H,8-11H2,1H3,(H,21,24). The minimum atomic E-state index is -0.230. The third-order valence-electron chi connectivity index (χ3n) is 4.33. The zero-order valence-electron chi connectivity index (χ0n) is 14.0. The maximum absolute atomic E-state index is 12.3. The van der Waals surface area contributed by atoms with Gasteiger partial charge >= 0.3 is 0 Å². The minimum absolute atomic E-state index is 0.0371. The Kier molecular flexibility index (Phi) is 5.46. The van der Waals surface area contributed by atoms with Crippen LogP contribution in [0.4, 0.5) is 5.69 Å². The van der Waals surface area contributed by atoms with Crippen LogP contribution in [0.25, 0.3) is 0 Å². The lowest BCUT2D eigenvalue weighted by molar-refractivity contribution is 0.0940. The van der Waals surface area contributed by atoms with E-state index in [1.165, 1.54) is 12.1 Å². The van der Waals surface area contributed by atoms with Crippen molar-refractivity contribution < 1.29 is 14.6 Å². The topological polar surface area (TPSA) is 61.8 Å². The molecule has 3 rings (SSSR count). The zero-order valence-corrected chi connectivity index (χ0v) is 14.8. The SMILES string of the molecule is CC(NC(=O)c1ccc(O)c(Cl)c1)c1ccc(N2CCOCC2)cc1. The van der Waals surface area contributed by atoms with Gasteiger partial charge in [0.15, 0.2) is 0 Å². The molecule has 0 bridgehead atoms. The van der Waals surface area contributed by atoms with Crippen LogP contribution in [0.3, 0.4) is 0 Å². The highest BCUT2D eigenvalue weighted by Gasteiger charge is 2.14. The quantitative estimate of drug-likeness (QED) is 0.877. The van der Waals surface area contributed by atoms with E-state index in [1.54, 1.807) is 6.07 Å². The van der Waals surface area contributed by atoms with E-state index in [4.69, 9.17) is 16.3 Å². The lowest BCUT2D eigenvalue weighted by Crippen LogP contribution is -2.36. The number of carbonyl (C=O) groups excluding carboxylic acids is 1. The molecule has 25 heavy (non-hydrogen) atoms. The summed E-state index contributed by atoms with van der Waals surface area (Å²) in [5, 5.41) is 12.6. The van der Waals surface area contributed by atoms with E-state index in [0.29, 0.717) is 5.56 Å². The molecule has 0 radical (unpaired) electrons. The largest absolute Gasteiger partial charge is 0.506 e. The van der Waals surface area contributed by atoms with Crippen molar-refractivity contribution in [2.75, 3.05) is 31.2 Å². The Morgan fingerprint density at radius 2 is 1.88 bits per heavy atom. The molecule has 0 aromatic heterocycles. The molecule has 5 nitrogen and oxygen atoms in total. The van der Waals surface area contributed by atoms with Crippen LogP contribution in [0.5, 0.6) is 5.75 Å². The molecule has 2 N–H and O–H groups in total. The smallest absolute Gasteiger partial charge is 0.251 e. The first-order valence-electron chi connectivity index (χ1n) is 8.26. The maximum Gasteiger partial charge on any atom is 0.251 e. The molecule has 6 heteroatoms. The first-order valence-corrected chi connectivity index (χ1v) is 8.64. The molecule has 132 valence electrons. The number of anilines is 1. The first kappa shape index (κ1) is 17.6. The zero-order chi connectivity index (χ0) is 17.8. The highest BCUT2D eigenvalue weighted by Crippen LogP contribution is 2.24. The molecular weight excluding hydrogens is 340 g/mol. The fraction of sp³-hybridized carbons (Fsp3) is 0.316. The van der Waals surface area contributed by atoms with Crippen LogP contribution in [0.1, 0.15) is 28.9 Å². The maximum atomic E-state index is 12.3. The molecule has 1 heterocycles. The Morgan fingerprint density at radius 3 is 2.52 bits per heavy atom. The number of hydrogen-bond donors (Lipinski definition) is 2. The number of nitrogens with one attached hydrogen (secondary N) is 1. The van der Waals surface area contributed by atoms with Gasteiger partial charge in [0.05, 0.1) is 24.3 Å². The molecule has 0 saturated carbocycles. The van der Waals surface area contributed by atoms with Crippen molar-refractivity contribution >= 4 is 23.2 Å². The van der Waals surface area contributed by atoms with Gasteiger partial charge in [-0.25, -0.2) is 0 Å². The summed E-state index contributed by atoms with van der Waals surface area (Å²) < 4.78 is 5.37. The van der Waals surface area contributed by atoms with Crippen LogP contribution in [-0.2, 0) is 4.74 Å². The van der Waals surface area contributed by atoms with Crippen molar-refractivity contribution in [1.29, 1.82) is 0 Å². The van der Waals surface area contributed by atoms with Gasteiger partial charge in [0.1, 0.15) is 5.75 Å². The van der Waals surface area contributed by atoms with Gasteiger partial charge in [-0.3, -0.25) is 4.79 Å². The molecule has 1 atom stereocenters. The summed E-state index contributed by atoms with van der Waals surface area (Å²) in [5.41, 5.74) is 2.60. The summed E-state index contributed by atoms with van der Waals surface area (Å²) in [5.74, 6) is -0.267. The van der Waals surface area contributed by atoms with Gasteiger partial charge in [-0.15, -0.1) is 0 Å². The summed E-state index contributed by atoms with van der Waals surface area (Å²) in [6.45, 7) is 5.23. The Morgan fingerprint density at radius 1 is 1.20 bits per heavy atom. The summed E-state index contributed by atoms with van der Waals surface area (Å²) >= 11 is 5.86. The Hall–Kier alpha value is -2.24. The van der Waals surface area contributed by atoms with Crippen LogP contribution in [0.2, 0.25) is 5.02 Å². The van der Waals surface area contributed by atoms with Crippen molar-refractivity contribution in [2.45, 2.75) is 13.0 Å². The lowest BCUT2D eigenvalue weighted by atomic mass is 10.1. The molecule has 1 saturated heterocycles. The fourth-order valence-electron chi connectivity index (χ4n) is 2.81. The van der Waals surface area contributed by atoms with E-state index in [0.717, 1.165) is 37.6 Å². The van der Waals surface area contributed by atoms with Gasteiger partial charge in [0.2, 0.25) is 0 Å². The van der Waals surface area contributed by atoms with E-state index in [2.05, 4.69) is 22.3 Å². The van der Waals surface area contributed by atoms with E-state index in [1.807, 2.05) is 19.1 Å². The van der Waals surface area contributed by atoms with Gasteiger partial charge in [-0.1, -0.05) is 23.7 Å². The third-order valence-corrected chi connectivity index (χ3v) is 4.63. The fourth-order valence-corrected chi connectivity index (χ4v) is 2.99. The predicted octanol–water partition coefficient (Wildman–Crippen LogP) is 3.37. The molecule has 2 aromatic rings. The highest BCUT2D eigenvalue weighted by atomic mass is 35.5. The normalized spacial score (nSPS) is 15.7. The number of rotatable bonds is 4. The van der Waals surface area contributed by atoms with E-state index in [9.17, 15) is 9.90 Å². The van der Waals surface area contributed by atoms with Gasteiger partial charge in [-0.2, -0.15) is 0 Å². The Labute approximate surface area is 152 Å². The number of ether oxygens (including phenoxy) is 1. The third kappa shape index (κ3) is 4.24. The van der Waals surface area contributed by atoms with Crippen LogP contribution in [-0.4, -0.2) is 37.3 Å². The van der Waals surface area contributed by atoms with Gasteiger partial charge in [0, 0.05) is 24.3 Å². The number of benzene rings is 2. The van der Waals surface area contributed by atoms with E-state index >= 15 is 0 Å². The second-order valence-corrected chi connectivity index (χ2v) is 6.46. The van der Waals surface area contributed by atoms with Crippen LogP contribution in [0.15, 0.2) is 42.5 Å². The molecule has 0 aliphatic carbocycles. The van der Waals surface area contributed by atoms with Crippen molar-refractivity contribution in [3.05, 3.63) is 58.6 Å². The first-order chi connectivity index (χ1) is 12.0. The Balaban J connectivity index is 1.65. The number of hydrogen-bond acceptors (Lipinski definition) is 4. The second-order valence-electron chi connectivity index (χ2n) is 6.05. The van der Waals surface area contributed by atoms with Gasteiger partial charge in [0.25, 0.3) is 5.91 Å². The summed E-state index contributed by atoms with van der Waals surface area (Å²) in [4.78, 5) is 14.6. The van der Waals surface area contributed by atoms with Crippen molar-refractivity contribution in [1.82, 2.24) is 5.32 Å².